The van der Waals surface area contributed by atoms with E-state index in [1.54, 1.807) is 31.3 Å². The van der Waals surface area contributed by atoms with E-state index >= 15 is 0 Å². The first-order valence-electron chi connectivity index (χ1n) is 9.78. The molecule has 0 bridgehead atoms. The topological polar surface area (TPSA) is 93.5 Å². The lowest BCUT2D eigenvalue weighted by Gasteiger charge is -2.16. The number of aryl methyl sites for hydroxylation is 1. The zero-order chi connectivity index (χ0) is 22.8. The minimum atomic E-state index is -3.75. The monoisotopic (exact) mass is 442 g/mol. The third-order valence-electron chi connectivity index (χ3n) is 4.81. The van der Waals surface area contributed by atoms with Crippen LogP contribution in [0.4, 0.5) is 5.69 Å². The summed E-state index contributed by atoms with van der Waals surface area (Å²) in [6.45, 7) is 5.84. The van der Waals surface area contributed by atoms with E-state index in [1.165, 1.54) is 20.2 Å². The number of sulfonamides is 1. The van der Waals surface area contributed by atoms with Crippen molar-refractivity contribution in [2.24, 2.45) is 0 Å². The summed E-state index contributed by atoms with van der Waals surface area (Å²) >= 11 is 0. The second-order valence-electron chi connectivity index (χ2n) is 7.14. The van der Waals surface area contributed by atoms with E-state index in [0.717, 1.165) is 21.5 Å². The maximum absolute atomic E-state index is 13.0. The van der Waals surface area contributed by atoms with E-state index in [2.05, 4.69) is 10.3 Å². The van der Waals surface area contributed by atoms with Gasteiger partial charge in [-0.15, -0.1) is 0 Å². The molecule has 1 amide bonds. The van der Waals surface area contributed by atoms with Gasteiger partial charge in [-0.3, -0.25) is 4.79 Å². The number of aromatic nitrogens is 2. The molecule has 3 aromatic rings. The normalized spacial score (nSPS) is 11.5. The Hall–Kier alpha value is -3.17. The molecule has 0 radical (unpaired) electrons. The second kappa shape index (κ2) is 8.91. The van der Waals surface area contributed by atoms with Gasteiger partial charge >= 0.3 is 0 Å². The van der Waals surface area contributed by atoms with Crippen LogP contribution in [0.15, 0.2) is 53.6 Å². The van der Waals surface area contributed by atoms with Gasteiger partial charge in [0.05, 0.1) is 12.2 Å². The number of benzene rings is 1. The molecule has 0 saturated carbocycles. The van der Waals surface area contributed by atoms with Crippen LogP contribution in [0.3, 0.4) is 0 Å². The number of pyridine rings is 1. The van der Waals surface area contributed by atoms with Crippen LogP contribution in [0.1, 0.15) is 28.7 Å². The Morgan fingerprint density at radius 2 is 1.90 bits per heavy atom. The number of hydrogen-bond acceptors (Lipinski definition) is 5. The lowest BCUT2D eigenvalue weighted by molar-refractivity contribution is 0.102. The highest BCUT2D eigenvalue weighted by atomic mass is 32.2. The number of nitrogens with one attached hydrogen (secondary N) is 1. The van der Waals surface area contributed by atoms with Gasteiger partial charge in [0, 0.05) is 37.4 Å². The Morgan fingerprint density at radius 3 is 2.52 bits per heavy atom. The van der Waals surface area contributed by atoms with E-state index in [0.29, 0.717) is 17.9 Å². The van der Waals surface area contributed by atoms with Gasteiger partial charge in [-0.25, -0.2) is 17.7 Å². The maximum atomic E-state index is 13.0. The van der Waals surface area contributed by atoms with Gasteiger partial charge in [0.2, 0.25) is 10.0 Å². The van der Waals surface area contributed by atoms with Crippen molar-refractivity contribution in [3.8, 4) is 11.6 Å². The van der Waals surface area contributed by atoms with Crippen molar-refractivity contribution >= 4 is 21.6 Å². The minimum Gasteiger partial charge on any atom is -0.492 e. The van der Waals surface area contributed by atoms with Crippen molar-refractivity contribution in [1.29, 1.82) is 0 Å². The first-order chi connectivity index (χ1) is 14.7. The number of carbonyl (C=O) groups is 1. The summed E-state index contributed by atoms with van der Waals surface area (Å²) in [6.07, 6.45) is 1.70. The molecule has 164 valence electrons. The van der Waals surface area contributed by atoms with Crippen molar-refractivity contribution in [1.82, 2.24) is 13.9 Å². The van der Waals surface area contributed by atoms with Crippen LogP contribution in [0, 0.1) is 13.8 Å². The number of ether oxygens (including phenoxy) is 1. The molecule has 0 unspecified atom stereocenters. The summed E-state index contributed by atoms with van der Waals surface area (Å²) < 4.78 is 33.9. The van der Waals surface area contributed by atoms with Crippen molar-refractivity contribution in [2.75, 3.05) is 26.0 Å². The van der Waals surface area contributed by atoms with Gasteiger partial charge in [-0.2, -0.15) is 0 Å². The average molecular weight is 443 g/mol. The molecular formula is C22H26N4O4S. The van der Waals surface area contributed by atoms with Gasteiger partial charge in [-0.1, -0.05) is 6.07 Å². The first-order valence-corrected chi connectivity index (χ1v) is 11.2. The zero-order valence-corrected chi connectivity index (χ0v) is 19.0. The van der Waals surface area contributed by atoms with Crippen molar-refractivity contribution in [2.45, 2.75) is 25.7 Å². The maximum Gasteiger partial charge on any atom is 0.257 e. The van der Waals surface area contributed by atoms with Crippen molar-refractivity contribution < 1.29 is 17.9 Å². The van der Waals surface area contributed by atoms with Gasteiger partial charge in [-0.05, 0) is 57.2 Å². The van der Waals surface area contributed by atoms with E-state index in [1.807, 2.05) is 36.6 Å². The Labute approximate surface area is 182 Å². The van der Waals surface area contributed by atoms with Crippen LogP contribution in [-0.2, 0) is 10.0 Å². The summed E-state index contributed by atoms with van der Waals surface area (Å²) in [4.78, 5) is 17.4. The fourth-order valence-corrected chi connectivity index (χ4v) is 4.34. The molecule has 2 heterocycles. The SMILES string of the molecule is CCOc1ccc(NC(=O)c2cc(C)n(-c3ccccn3)c2C)cc1S(=O)(=O)N(C)C. The smallest absolute Gasteiger partial charge is 0.257 e. The molecule has 0 saturated heterocycles. The van der Waals surface area contributed by atoms with Gasteiger partial charge in [0.15, 0.2) is 0 Å². The zero-order valence-electron chi connectivity index (χ0n) is 18.2. The van der Waals surface area contributed by atoms with Crippen LogP contribution >= 0.6 is 0 Å². The molecule has 0 atom stereocenters. The lowest BCUT2D eigenvalue weighted by Crippen LogP contribution is -2.23. The molecule has 1 N–H and O–H groups in total. The molecule has 0 spiro atoms. The van der Waals surface area contributed by atoms with E-state index in [-0.39, 0.29) is 16.6 Å². The number of anilines is 1. The molecule has 1 aromatic carbocycles. The Kier molecular flexibility index (Phi) is 6.47. The highest BCUT2D eigenvalue weighted by molar-refractivity contribution is 7.89. The number of carbonyl (C=O) groups excluding carboxylic acids is 1. The Morgan fingerprint density at radius 1 is 1.16 bits per heavy atom. The van der Waals surface area contributed by atoms with Crippen LogP contribution in [0.2, 0.25) is 0 Å². The van der Waals surface area contributed by atoms with Crippen LogP contribution < -0.4 is 10.1 Å². The third kappa shape index (κ3) is 4.47. The Bertz CT molecular complexity index is 1200. The molecular weight excluding hydrogens is 416 g/mol. The number of nitrogens with zero attached hydrogens (tertiary/aromatic N) is 3. The molecule has 0 aliphatic heterocycles. The van der Waals surface area contributed by atoms with E-state index in [9.17, 15) is 13.2 Å². The minimum absolute atomic E-state index is 0.00360. The number of amides is 1. The fraction of sp³-hybridized carbons (Fsp3) is 0.273. The predicted molar refractivity (Wildman–Crippen MR) is 119 cm³/mol. The summed E-state index contributed by atoms with van der Waals surface area (Å²) in [5, 5.41) is 2.80. The van der Waals surface area contributed by atoms with Gasteiger partial charge < -0.3 is 14.6 Å². The second-order valence-corrected chi connectivity index (χ2v) is 9.26. The first kappa shape index (κ1) is 22.5. The lowest BCUT2D eigenvalue weighted by atomic mass is 10.2. The van der Waals surface area contributed by atoms with Crippen LogP contribution in [0.25, 0.3) is 5.82 Å². The Balaban J connectivity index is 1.96. The standard InChI is InChI=1S/C22H26N4O4S/c1-6-30-19-11-10-17(14-20(19)31(28,29)25(4)5)24-22(27)18-13-15(2)26(16(18)3)21-9-7-8-12-23-21/h7-14H,6H2,1-5H3,(H,24,27). The molecule has 8 nitrogen and oxygen atoms in total. The summed E-state index contributed by atoms with van der Waals surface area (Å²) in [5.41, 5.74) is 2.44. The average Bonchev–Trinajstić information content (AvgIpc) is 3.03. The fourth-order valence-electron chi connectivity index (χ4n) is 3.29. The quantitative estimate of drug-likeness (QED) is 0.605. The molecule has 2 aromatic heterocycles. The molecule has 0 fully saturated rings. The van der Waals surface area contributed by atoms with E-state index in [4.69, 9.17) is 4.74 Å². The third-order valence-corrected chi connectivity index (χ3v) is 6.65. The van der Waals surface area contributed by atoms with Gasteiger partial charge in [0.25, 0.3) is 5.91 Å². The van der Waals surface area contributed by atoms with Crippen molar-refractivity contribution in [3.05, 3.63) is 65.6 Å². The predicted octanol–water partition coefficient (Wildman–Crippen LogP) is 3.39. The number of rotatable bonds is 7. The molecule has 0 aliphatic carbocycles. The van der Waals surface area contributed by atoms with E-state index < -0.39 is 10.0 Å². The molecule has 9 heteroatoms. The summed E-state index contributed by atoms with van der Waals surface area (Å²) in [5.74, 6) is 0.618. The largest absolute Gasteiger partial charge is 0.492 e. The summed E-state index contributed by atoms with van der Waals surface area (Å²) in [7, 11) is -0.860. The van der Waals surface area contributed by atoms with Crippen LogP contribution in [0.5, 0.6) is 5.75 Å². The molecule has 3 rings (SSSR count). The summed E-state index contributed by atoms with van der Waals surface area (Å²) in [6, 6.07) is 11.9. The number of hydrogen-bond donors (Lipinski definition) is 1. The molecule has 31 heavy (non-hydrogen) atoms. The van der Waals surface area contributed by atoms with Gasteiger partial charge in [0.1, 0.15) is 16.5 Å². The van der Waals surface area contributed by atoms with Crippen molar-refractivity contribution in [3.63, 3.8) is 0 Å². The highest BCUT2D eigenvalue weighted by Crippen LogP contribution is 2.30. The van der Waals surface area contributed by atoms with Crippen LogP contribution in [-0.4, -0.2) is 48.9 Å². The highest BCUT2D eigenvalue weighted by Gasteiger charge is 2.24. The molecule has 0 aliphatic rings.